The molecule has 0 fully saturated rings. The lowest BCUT2D eigenvalue weighted by molar-refractivity contribution is -0.214. The summed E-state index contributed by atoms with van der Waals surface area (Å²) >= 11 is 0. The normalized spacial score (nSPS) is 10.4. The molecule has 3 rings (SSSR count). The summed E-state index contributed by atoms with van der Waals surface area (Å²) in [5, 5.41) is 20.4. The van der Waals surface area contributed by atoms with Gasteiger partial charge in [-0.3, -0.25) is 5.26 Å². The predicted molar refractivity (Wildman–Crippen MR) is 208 cm³/mol. The third kappa shape index (κ3) is 25.5. The first-order chi connectivity index (χ1) is 23.1. The Bertz CT molecular complexity index is 1150. The highest BCUT2D eigenvalue weighted by molar-refractivity contribution is 5.73. The largest absolute Gasteiger partial charge is 0.400 e. The van der Waals surface area contributed by atoms with Crippen molar-refractivity contribution in [2.75, 3.05) is 41.4 Å². The molecule has 3 aromatic carbocycles. The Morgan fingerprint density at radius 1 is 0.574 bits per heavy atom. The van der Waals surface area contributed by atoms with E-state index in [0.29, 0.717) is 0 Å². The van der Waals surface area contributed by atoms with Crippen LogP contribution >= 0.6 is 0 Å². The van der Waals surface area contributed by atoms with Gasteiger partial charge in [0.1, 0.15) is 0 Å². The maximum Gasteiger partial charge on any atom is 0.0710 e. The molecule has 47 heavy (non-hydrogen) atoms. The summed E-state index contributed by atoms with van der Waals surface area (Å²) in [4.78, 5) is 3.25. The van der Waals surface area contributed by atoms with E-state index >= 15 is 0 Å². The third-order valence-corrected chi connectivity index (χ3v) is 7.41. The Balaban J connectivity index is 0.00000119. The second-order valence-corrected chi connectivity index (χ2v) is 11.4. The minimum atomic E-state index is 1.00. The van der Waals surface area contributed by atoms with Crippen molar-refractivity contribution in [1.82, 2.24) is 10.6 Å². The van der Waals surface area contributed by atoms with E-state index in [0.717, 1.165) is 20.2 Å². The maximum atomic E-state index is 7.07. The number of aryl methyl sites for hydroxylation is 2. The molecule has 0 heterocycles. The van der Waals surface area contributed by atoms with Gasteiger partial charge in [0.05, 0.1) is 7.11 Å². The highest BCUT2D eigenvalue weighted by Gasteiger charge is 1.96. The van der Waals surface area contributed by atoms with Gasteiger partial charge in [0, 0.05) is 7.11 Å². The number of unbranched alkanes of at least 4 members (excludes halogenated alkanes) is 8. The smallest absolute Gasteiger partial charge is 0.0710 e. The van der Waals surface area contributed by atoms with Crippen LogP contribution in [0.15, 0.2) is 85.5 Å². The Labute approximate surface area is 287 Å². The number of aliphatic hydroxyl groups excluding tert-OH is 1. The van der Waals surface area contributed by atoms with E-state index in [1.807, 2.05) is 20.2 Å². The Kier molecular flexibility index (Phi) is 30.3. The van der Waals surface area contributed by atoms with Gasteiger partial charge in [-0.25, -0.2) is 4.89 Å². The first kappa shape index (κ1) is 43.7. The highest BCUT2D eigenvalue weighted by atomic mass is 17.1. The molecule has 0 atom stereocenters. The van der Waals surface area contributed by atoms with Crippen LogP contribution in [-0.4, -0.2) is 51.8 Å². The number of benzene rings is 3. The minimum absolute atomic E-state index is 1.00. The van der Waals surface area contributed by atoms with Gasteiger partial charge in [-0.1, -0.05) is 141 Å². The number of hydrogen-bond acceptors (Lipinski definition) is 5. The van der Waals surface area contributed by atoms with Crippen LogP contribution in [0.25, 0.3) is 24.3 Å². The average Bonchev–Trinajstić information content (AvgIpc) is 3.11. The molecular weight excluding hydrogens is 580 g/mol. The topological polar surface area (TPSA) is 73.8 Å². The molecule has 0 aliphatic carbocycles. The fraction of sp³-hybridized carbons (Fsp3) is 0.429. The summed E-state index contributed by atoms with van der Waals surface area (Å²) in [5.41, 5.74) is 7.66. The molecule has 0 aliphatic rings. The first-order valence-corrected chi connectivity index (χ1v) is 17.2. The molecule has 5 heteroatoms. The third-order valence-electron chi connectivity index (χ3n) is 7.41. The number of aliphatic hydroxyl groups is 1. The first-order valence-electron chi connectivity index (χ1n) is 17.2. The van der Waals surface area contributed by atoms with Crippen LogP contribution < -0.4 is 10.6 Å². The van der Waals surface area contributed by atoms with Gasteiger partial charge in [-0.15, -0.1) is 6.58 Å². The van der Waals surface area contributed by atoms with E-state index < -0.39 is 0 Å². The van der Waals surface area contributed by atoms with Gasteiger partial charge in [-0.05, 0) is 100 Å². The molecule has 0 bridgehead atoms. The van der Waals surface area contributed by atoms with Gasteiger partial charge < -0.3 is 15.7 Å². The molecular formula is C42H64N2O3. The zero-order valence-corrected chi connectivity index (χ0v) is 30.0. The Hall–Kier alpha value is -3.32. The van der Waals surface area contributed by atoms with Crippen molar-refractivity contribution in [3.05, 3.63) is 119 Å². The lowest BCUT2D eigenvalue weighted by Crippen LogP contribution is -2.06. The SMILES string of the molecule is C=CCCCCCCNC.CNCCCCCCCc1ccc(/C=C/c2ccc(/C=C/c3ccc(C)cc3)cc2)cc1.CO.COO. The van der Waals surface area contributed by atoms with Gasteiger partial charge in [0.15, 0.2) is 0 Å². The van der Waals surface area contributed by atoms with E-state index in [1.165, 1.54) is 111 Å². The molecule has 0 saturated carbocycles. The van der Waals surface area contributed by atoms with Crippen molar-refractivity contribution in [3.8, 4) is 0 Å². The molecule has 5 nitrogen and oxygen atoms in total. The van der Waals surface area contributed by atoms with Gasteiger partial charge in [0.25, 0.3) is 0 Å². The van der Waals surface area contributed by atoms with E-state index in [9.17, 15) is 0 Å². The molecule has 3 aromatic rings. The minimum Gasteiger partial charge on any atom is -0.400 e. The van der Waals surface area contributed by atoms with Crippen LogP contribution in [-0.2, 0) is 11.3 Å². The van der Waals surface area contributed by atoms with Crippen LogP contribution in [0, 0.1) is 6.92 Å². The molecule has 0 aliphatic heterocycles. The number of hydrogen-bond donors (Lipinski definition) is 4. The van der Waals surface area contributed by atoms with Gasteiger partial charge in [0.2, 0.25) is 0 Å². The summed E-state index contributed by atoms with van der Waals surface area (Å²) in [6.45, 7) is 8.10. The molecule has 0 spiro atoms. The summed E-state index contributed by atoms with van der Waals surface area (Å²) in [7, 11) is 6.21. The van der Waals surface area contributed by atoms with Gasteiger partial charge >= 0.3 is 0 Å². The lowest BCUT2D eigenvalue weighted by Gasteiger charge is -2.03. The molecule has 0 unspecified atom stereocenters. The van der Waals surface area contributed by atoms with Crippen LogP contribution in [0.4, 0.5) is 0 Å². The summed E-state index contributed by atoms with van der Waals surface area (Å²) in [6.07, 6.45) is 25.0. The Morgan fingerprint density at radius 3 is 1.32 bits per heavy atom. The summed E-state index contributed by atoms with van der Waals surface area (Å²) in [6, 6.07) is 26.3. The molecule has 4 N–H and O–H groups in total. The monoisotopic (exact) mass is 644 g/mol. The van der Waals surface area contributed by atoms with Crippen molar-refractivity contribution < 1.29 is 15.3 Å². The standard InChI is InChI=1S/C31H37N.C9H19N.CH4O2.CH4O/c1-26-9-11-28(12-10-26)17-18-30-21-23-31(24-22-30)20-19-29-15-13-27(14-16-29)8-6-4-3-5-7-25-32-2;1-3-4-5-6-7-8-9-10-2;1-3-2;1-2/h9-24,32H,3-8,25H2,1-2H3;3,10H,1,4-9H2,2H3;2H,1H3;2H,1H3/b18-17+,20-19+;;;. The van der Waals surface area contributed by atoms with Crippen LogP contribution in [0.3, 0.4) is 0 Å². The molecule has 260 valence electrons. The summed E-state index contributed by atoms with van der Waals surface area (Å²) < 4.78 is 0. The van der Waals surface area contributed by atoms with Crippen LogP contribution in [0.2, 0.25) is 0 Å². The van der Waals surface area contributed by atoms with E-state index in [1.54, 1.807) is 0 Å². The molecule has 0 amide bonds. The van der Waals surface area contributed by atoms with Crippen molar-refractivity contribution in [1.29, 1.82) is 0 Å². The quantitative estimate of drug-likeness (QED) is 0.0344. The Morgan fingerprint density at radius 2 is 0.915 bits per heavy atom. The van der Waals surface area contributed by atoms with Crippen molar-refractivity contribution in [2.45, 2.75) is 77.6 Å². The van der Waals surface area contributed by atoms with E-state index in [2.05, 4.69) is 126 Å². The fourth-order valence-corrected chi connectivity index (χ4v) is 4.68. The van der Waals surface area contributed by atoms with Crippen LogP contribution in [0.1, 0.15) is 97.6 Å². The fourth-order valence-electron chi connectivity index (χ4n) is 4.68. The molecule has 0 radical (unpaired) electrons. The second-order valence-electron chi connectivity index (χ2n) is 11.4. The van der Waals surface area contributed by atoms with Crippen LogP contribution in [0.5, 0.6) is 0 Å². The summed E-state index contributed by atoms with van der Waals surface area (Å²) in [5.74, 6) is 0. The second kappa shape index (κ2) is 32.6. The number of nitrogens with one attached hydrogen (secondary N) is 2. The van der Waals surface area contributed by atoms with Gasteiger partial charge in [-0.2, -0.15) is 0 Å². The van der Waals surface area contributed by atoms with E-state index in [-0.39, 0.29) is 0 Å². The predicted octanol–water partition coefficient (Wildman–Crippen LogP) is 10.1. The number of rotatable bonds is 19. The zero-order chi connectivity index (χ0) is 34.8. The van der Waals surface area contributed by atoms with Crippen molar-refractivity contribution in [3.63, 3.8) is 0 Å². The van der Waals surface area contributed by atoms with E-state index in [4.69, 9.17) is 10.4 Å². The highest BCUT2D eigenvalue weighted by Crippen LogP contribution is 2.15. The molecule has 0 aromatic heterocycles. The van der Waals surface area contributed by atoms with Crippen molar-refractivity contribution >= 4 is 24.3 Å². The maximum absolute atomic E-state index is 7.07. The number of allylic oxidation sites excluding steroid dienone is 1. The van der Waals surface area contributed by atoms with Crippen molar-refractivity contribution in [2.24, 2.45) is 0 Å². The molecule has 0 saturated heterocycles. The average molecular weight is 645 g/mol. The lowest BCUT2D eigenvalue weighted by atomic mass is 10.0. The zero-order valence-electron chi connectivity index (χ0n) is 30.0.